The summed E-state index contributed by atoms with van der Waals surface area (Å²) in [4.78, 5) is 23.4. The minimum absolute atomic E-state index is 0.140. The first-order valence-electron chi connectivity index (χ1n) is 3.98. The average Bonchev–Trinajstić information content (AvgIpc) is 2.43. The van der Waals surface area contributed by atoms with Gasteiger partial charge < -0.3 is 9.47 Å². The Balaban J connectivity index is 2.45. The number of esters is 1. The van der Waals surface area contributed by atoms with Gasteiger partial charge in [-0.1, -0.05) is 34.8 Å². The minimum Gasteiger partial charge on any atom is -0.445 e. The van der Waals surface area contributed by atoms with E-state index in [1.165, 1.54) is 6.92 Å². The molecule has 1 heterocycles. The fourth-order valence-corrected chi connectivity index (χ4v) is 1.09. The van der Waals surface area contributed by atoms with Crippen molar-refractivity contribution in [3.05, 3.63) is 0 Å². The van der Waals surface area contributed by atoms with Crippen LogP contribution in [0.3, 0.4) is 0 Å². The van der Waals surface area contributed by atoms with Gasteiger partial charge in [0.25, 0.3) is 0 Å². The molecule has 0 aromatic carbocycles. The third kappa shape index (κ3) is 3.59. The van der Waals surface area contributed by atoms with Gasteiger partial charge >= 0.3 is 12.1 Å². The van der Waals surface area contributed by atoms with Gasteiger partial charge in [-0.2, -0.15) is 0 Å². The highest BCUT2D eigenvalue weighted by molar-refractivity contribution is 6.67. The maximum absolute atomic E-state index is 11.3. The molecule has 1 aliphatic heterocycles. The van der Waals surface area contributed by atoms with Crippen molar-refractivity contribution >= 4 is 46.9 Å². The van der Waals surface area contributed by atoms with E-state index in [9.17, 15) is 9.59 Å². The third-order valence-electron chi connectivity index (χ3n) is 1.75. The molecule has 0 unspecified atom stereocenters. The Labute approximate surface area is 101 Å². The maximum atomic E-state index is 11.3. The van der Waals surface area contributed by atoms with Crippen molar-refractivity contribution < 1.29 is 19.1 Å². The highest BCUT2D eigenvalue weighted by Crippen LogP contribution is 2.26. The van der Waals surface area contributed by atoms with Crippen LogP contribution in [-0.4, -0.2) is 40.1 Å². The van der Waals surface area contributed by atoms with E-state index in [1.54, 1.807) is 0 Å². The van der Waals surface area contributed by atoms with Crippen LogP contribution in [0.1, 0.15) is 6.92 Å². The second-order valence-electron chi connectivity index (χ2n) is 2.91. The quantitative estimate of drug-likeness (QED) is 0.540. The lowest BCUT2D eigenvalue weighted by atomic mass is 10.3. The SMILES string of the molecule is C[C@H]1C(=O)OCN1C(=O)OCC(Cl)(Cl)Cl. The fourth-order valence-electron chi connectivity index (χ4n) is 0.930. The standard InChI is InChI=1S/C7H8Cl3NO4/c1-4-5(12)15-3-11(4)6(13)14-2-7(8,9)10/h4H,2-3H2,1H3/t4-/m0/s1. The van der Waals surface area contributed by atoms with E-state index in [1.807, 2.05) is 0 Å². The summed E-state index contributed by atoms with van der Waals surface area (Å²) in [5.74, 6) is -0.485. The van der Waals surface area contributed by atoms with E-state index in [4.69, 9.17) is 34.8 Å². The number of amides is 1. The Morgan fingerprint density at radius 2 is 2.27 bits per heavy atom. The summed E-state index contributed by atoms with van der Waals surface area (Å²) in [7, 11) is 0. The van der Waals surface area contributed by atoms with E-state index >= 15 is 0 Å². The lowest BCUT2D eigenvalue weighted by Crippen LogP contribution is -2.37. The molecule has 0 radical (unpaired) electrons. The van der Waals surface area contributed by atoms with Crippen LogP contribution in [0.2, 0.25) is 0 Å². The van der Waals surface area contributed by atoms with Gasteiger partial charge in [0, 0.05) is 0 Å². The predicted molar refractivity (Wildman–Crippen MR) is 53.9 cm³/mol. The van der Waals surface area contributed by atoms with Crippen molar-refractivity contribution in [2.45, 2.75) is 16.8 Å². The molecule has 8 heteroatoms. The normalized spacial score (nSPS) is 21.5. The highest BCUT2D eigenvalue weighted by Gasteiger charge is 2.36. The summed E-state index contributed by atoms with van der Waals surface area (Å²) < 4.78 is 7.62. The van der Waals surface area contributed by atoms with Gasteiger partial charge in [-0.05, 0) is 6.92 Å². The van der Waals surface area contributed by atoms with Gasteiger partial charge in [0.05, 0.1) is 0 Å². The summed E-state index contributed by atoms with van der Waals surface area (Å²) in [6, 6.07) is -0.673. The zero-order valence-corrected chi connectivity index (χ0v) is 9.97. The predicted octanol–water partition coefficient (Wildman–Crippen LogP) is 1.70. The molecule has 0 spiro atoms. The van der Waals surface area contributed by atoms with E-state index in [0.29, 0.717) is 0 Å². The Kier molecular flexibility index (Phi) is 3.92. The van der Waals surface area contributed by atoms with Crippen LogP contribution in [0.5, 0.6) is 0 Å². The molecule has 1 amide bonds. The smallest absolute Gasteiger partial charge is 0.413 e. The highest BCUT2D eigenvalue weighted by atomic mass is 35.6. The van der Waals surface area contributed by atoms with Crippen LogP contribution in [0.4, 0.5) is 4.79 Å². The Bertz CT molecular complexity index is 278. The molecule has 1 rings (SSSR count). The number of hydrogen-bond donors (Lipinski definition) is 0. The number of carbonyl (C=O) groups excluding carboxylic acids is 2. The molecule has 0 aromatic heterocycles. The molecule has 1 aliphatic rings. The minimum atomic E-state index is -1.66. The Morgan fingerprint density at radius 1 is 1.67 bits per heavy atom. The van der Waals surface area contributed by atoms with Crippen molar-refractivity contribution in [2.75, 3.05) is 13.3 Å². The summed E-state index contributed by atoms with van der Waals surface area (Å²) >= 11 is 16.2. The van der Waals surface area contributed by atoms with Crippen LogP contribution in [0, 0.1) is 0 Å². The van der Waals surface area contributed by atoms with E-state index < -0.39 is 21.9 Å². The molecule has 0 aliphatic carbocycles. The van der Waals surface area contributed by atoms with Gasteiger partial charge in [-0.25, -0.2) is 9.59 Å². The molecule has 0 bridgehead atoms. The zero-order chi connectivity index (χ0) is 11.6. The van der Waals surface area contributed by atoms with E-state index in [2.05, 4.69) is 9.47 Å². The number of cyclic esters (lactones) is 1. The van der Waals surface area contributed by atoms with E-state index in [-0.39, 0.29) is 13.3 Å². The number of alkyl halides is 3. The second-order valence-corrected chi connectivity index (χ2v) is 5.42. The van der Waals surface area contributed by atoms with Gasteiger partial charge in [0.1, 0.15) is 12.6 Å². The van der Waals surface area contributed by atoms with Gasteiger partial charge in [-0.15, -0.1) is 0 Å². The molecule has 1 atom stereocenters. The van der Waals surface area contributed by atoms with Crippen molar-refractivity contribution in [2.24, 2.45) is 0 Å². The molecule has 1 saturated heterocycles. The first kappa shape index (κ1) is 12.7. The van der Waals surface area contributed by atoms with Gasteiger partial charge in [-0.3, -0.25) is 4.90 Å². The van der Waals surface area contributed by atoms with Gasteiger partial charge in [0.15, 0.2) is 6.73 Å². The Morgan fingerprint density at radius 3 is 2.67 bits per heavy atom. The Hall–Kier alpha value is -0.390. The summed E-state index contributed by atoms with van der Waals surface area (Å²) in [6.07, 6.45) is -0.750. The topological polar surface area (TPSA) is 55.8 Å². The number of nitrogens with zero attached hydrogens (tertiary/aromatic N) is 1. The van der Waals surface area contributed by atoms with Crippen LogP contribution < -0.4 is 0 Å². The largest absolute Gasteiger partial charge is 0.445 e. The van der Waals surface area contributed by atoms with Crippen molar-refractivity contribution in [3.63, 3.8) is 0 Å². The third-order valence-corrected chi connectivity index (χ3v) is 2.08. The number of hydrogen-bond acceptors (Lipinski definition) is 4. The number of ether oxygens (including phenoxy) is 2. The van der Waals surface area contributed by atoms with Gasteiger partial charge in [0.2, 0.25) is 3.79 Å². The number of carbonyl (C=O) groups is 2. The first-order valence-corrected chi connectivity index (χ1v) is 5.11. The number of rotatable bonds is 1. The van der Waals surface area contributed by atoms with Crippen molar-refractivity contribution in [1.82, 2.24) is 4.90 Å². The molecule has 0 saturated carbocycles. The lowest BCUT2D eigenvalue weighted by molar-refractivity contribution is -0.138. The lowest BCUT2D eigenvalue weighted by Gasteiger charge is -2.18. The molecular formula is C7H8Cl3NO4. The van der Waals surface area contributed by atoms with E-state index in [0.717, 1.165) is 4.90 Å². The first-order chi connectivity index (χ1) is 6.81. The molecule has 1 fully saturated rings. The monoisotopic (exact) mass is 275 g/mol. The molecule has 15 heavy (non-hydrogen) atoms. The van der Waals surface area contributed by atoms with Crippen molar-refractivity contribution in [3.8, 4) is 0 Å². The second kappa shape index (κ2) is 4.63. The summed E-state index contributed by atoms with van der Waals surface area (Å²) in [5, 5.41) is 0. The molecular weight excluding hydrogens is 268 g/mol. The van der Waals surface area contributed by atoms with Crippen LogP contribution in [-0.2, 0) is 14.3 Å². The van der Waals surface area contributed by atoms with Crippen LogP contribution >= 0.6 is 34.8 Å². The zero-order valence-electron chi connectivity index (χ0n) is 7.71. The molecule has 0 N–H and O–H groups in total. The fraction of sp³-hybridized carbons (Fsp3) is 0.714. The van der Waals surface area contributed by atoms with Crippen molar-refractivity contribution in [1.29, 1.82) is 0 Å². The summed E-state index contributed by atoms with van der Waals surface area (Å²) in [6.45, 7) is 0.999. The average molecular weight is 277 g/mol. The molecule has 86 valence electrons. The maximum Gasteiger partial charge on any atom is 0.413 e. The number of halogens is 3. The van der Waals surface area contributed by atoms with Crippen LogP contribution in [0.15, 0.2) is 0 Å². The summed E-state index contributed by atoms with van der Waals surface area (Å²) in [5.41, 5.74) is 0. The molecule has 5 nitrogen and oxygen atoms in total. The molecule has 0 aromatic rings. The van der Waals surface area contributed by atoms with Crippen LogP contribution in [0.25, 0.3) is 0 Å².